The predicted octanol–water partition coefficient (Wildman–Crippen LogP) is 4.09. The summed E-state index contributed by atoms with van der Waals surface area (Å²) in [5, 5.41) is 2.75. The number of hydrogen-bond donors (Lipinski definition) is 1. The first-order valence-electron chi connectivity index (χ1n) is 5.73. The van der Waals surface area contributed by atoms with Gasteiger partial charge in [-0.1, -0.05) is 0 Å². The number of anilines is 1. The lowest BCUT2D eigenvalue weighted by Gasteiger charge is -2.05. The number of nitrogens with zero attached hydrogens (tertiary/aromatic N) is 1. The van der Waals surface area contributed by atoms with Gasteiger partial charge in [0.15, 0.2) is 0 Å². The second-order valence-corrected chi connectivity index (χ2v) is 5.97. The molecule has 0 atom stereocenters. The van der Waals surface area contributed by atoms with E-state index in [4.69, 9.17) is 0 Å². The molecular weight excluding hydrogens is 324 g/mol. The molecule has 2 rings (SSSR count). The summed E-state index contributed by atoms with van der Waals surface area (Å²) in [7, 11) is 0. The standard InChI is InChI=1S/C14H13BrN2OS/c1-10(18)17-13-2-4-14(5-3-13)19-9-11-6-12(15)8-16-7-11/h2-8H,9H2,1H3,(H,17,18). The fourth-order valence-corrected chi connectivity index (χ4v) is 2.77. The maximum Gasteiger partial charge on any atom is 0.221 e. The van der Waals surface area contributed by atoms with E-state index in [0.717, 1.165) is 20.8 Å². The van der Waals surface area contributed by atoms with Crippen molar-refractivity contribution in [3.8, 4) is 0 Å². The molecular formula is C14H13BrN2OS. The normalized spacial score (nSPS) is 10.2. The van der Waals surface area contributed by atoms with E-state index in [0.29, 0.717) is 0 Å². The number of carbonyl (C=O) groups excluding carboxylic acids is 1. The molecule has 0 spiro atoms. The number of hydrogen-bond acceptors (Lipinski definition) is 3. The lowest BCUT2D eigenvalue weighted by molar-refractivity contribution is -0.114. The third-order valence-corrected chi connectivity index (χ3v) is 3.86. The van der Waals surface area contributed by atoms with Crippen LogP contribution in [0.25, 0.3) is 0 Å². The highest BCUT2D eigenvalue weighted by atomic mass is 79.9. The van der Waals surface area contributed by atoms with Gasteiger partial charge in [0.1, 0.15) is 0 Å². The van der Waals surface area contributed by atoms with Crippen LogP contribution in [0.5, 0.6) is 0 Å². The van der Waals surface area contributed by atoms with Gasteiger partial charge >= 0.3 is 0 Å². The fourth-order valence-electron chi connectivity index (χ4n) is 1.54. The minimum atomic E-state index is -0.0550. The number of aromatic nitrogens is 1. The molecule has 19 heavy (non-hydrogen) atoms. The highest BCUT2D eigenvalue weighted by Crippen LogP contribution is 2.24. The number of rotatable bonds is 4. The van der Waals surface area contributed by atoms with E-state index in [-0.39, 0.29) is 5.91 Å². The number of amides is 1. The van der Waals surface area contributed by atoms with Crippen LogP contribution in [0.2, 0.25) is 0 Å². The highest BCUT2D eigenvalue weighted by Gasteiger charge is 1.99. The molecule has 0 unspecified atom stereocenters. The van der Waals surface area contributed by atoms with Gasteiger partial charge in [-0.2, -0.15) is 0 Å². The highest BCUT2D eigenvalue weighted by molar-refractivity contribution is 9.10. The van der Waals surface area contributed by atoms with E-state index in [1.807, 2.05) is 30.5 Å². The Morgan fingerprint density at radius 1 is 1.32 bits per heavy atom. The van der Waals surface area contributed by atoms with Gasteiger partial charge in [0.25, 0.3) is 0 Å². The molecule has 98 valence electrons. The Labute approximate surface area is 125 Å². The maximum absolute atomic E-state index is 10.9. The predicted molar refractivity (Wildman–Crippen MR) is 82.2 cm³/mol. The summed E-state index contributed by atoms with van der Waals surface area (Å²) in [5.74, 6) is 0.812. The molecule has 1 heterocycles. The summed E-state index contributed by atoms with van der Waals surface area (Å²) in [5.41, 5.74) is 1.99. The van der Waals surface area contributed by atoms with Crippen LogP contribution in [0, 0.1) is 0 Å². The molecule has 3 nitrogen and oxygen atoms in total. The van der Waals surface area contributed by atoms with Crippen molar-refractivity contribution in [3.05, 3.63) is 52.8 Å². The van der Waals surface area contributed by atoms with Gasteiger partial charge in [-0.05, 0) is 51.8 Å². The van der Waals surface area contributed by atoms with E-state index in [1.165, 1.54) is 12.5 Å². The zero-order valence-corrected chi connectivity index (χ0v) is 12.8. The fraction of sp³-hybridized carbons (Fsp3) is 0.143. The average Bonchev–Trinajstić information content (AvgIpc) is 2.37. The van der Waals surface area contributed by atoms with Crippen LogP contribution in [0.4, 0.5) is 5.69 Å². The topological polar surface area (TPSA) is 42.0 Å². The molecule has 1 aromatic carbocycles. The molecule has 1 amide bonds. The van der Waals surface area contributed by atoms with Crippen LogP contribution in [0.15, 0.2) is 52.1 Å². The molecule has 0 aliphatic heterocycles. The second-order valence-electron chi connectivity index (χ2n) is 4.01. The number of carbonyl (C=O) groups is 1. The molecule has 1 N–H and O–H groups in total. The van der Waals surface area contributed by atoms with Gasteiger partial charge < -0.3 is 5.32 Å². The molecule has 2 aromatic rings. The number of benzene rings is 1. The quantitative estimate of drug-likeness (QED) is 0.855. The van der Waals surface area contributed by atoms with Crippen LogP contribution in [-0.2, 0) is 10.5 Å². The van der Waals surface area contributed by atoms with Crippen molar-refractivity contribution < 1.29 is 4.79 Å². The van der Waals surface area contributed by atoms with Gasteiger partial charge in [-0.15, -0.1) is 11.8 Å². The SMILES string of the molecule is CC(=O)Nc1ccc(SCc2cncc(Br)c2)cc1. The van der Waals surface area contributed by atoms with Crippen molar-refractivity contribution in [3.63, 3.8) is 0 Å². The Balaban J connectivity index is 1.94. The Morgan fingerprint density at radius 2 is 2.05 bits per heavy atom. The summed E-state index contributed by atoms with van der Waals surface area (Å²) in [6, 6.07) is 9.88. The molecule has 1 aromatic heterocycles. The Kier molecular flexibility index (Phi) is 4.99. The van der Waals surface area contributed by atoms with Gasteiger partial charge in [0.05, 0.1) is 0 Å². The Hall–Kier alpha value is -1.33. The first kappa shape index (κ1) is 14.1. The van der Waals surface area contributed by atoms with E-state index in [1.54, 1.807) is 18.0 Å². The number of halogens is 1. The number of thioether (sulfide) groups is 1. The minimum Gasteiger partial charge on any atom is -0.326 e. The van der Waals surface area contributed by atoms with E-state index in [2.05, 4.69) is 32.3 Å². The monoisotopic (exact) mass is 336 g/mol. The van der Waals surface area contributed by atoms with Crippen LogP contribution < -0.4 is 5.32 Å². The molecule has 0 saturated heterocycles. The van der Waals surface area contributed by atoms with Crippen LogP contribution in [0.3, 0.4) is 0 Å². The first-order valence-corrected chi connectivity index (χ1v) is 7.51. The van der Waals surface area contributed by atoms with E-state index >= 15 is 0 Å². The zero-order chi connectivity index (χ0) is 13.7. The van der Waals surface area contributed by atoms with Crippen LogP contribution >= 0.6 is 27.7 Å². The average molecular weight is 337 g/mol. The molecule has 0 bridgehead atoms. The minimum absolute atomic E-state index is 0.0550. The summed E-state index contributed by atoms with van der Waals surface area (Å²) in [4.78, 5) is 16.2. The molecule has 0 radical (unpaired) electrons. The van der Waals surface area contributed by atoms with Gasteiger partial charge in [0, 0.05) is 40.1 Å². The third-order valence-electron chi connectivity index (χ3n) is 2.34. The number of pyridine rings is 1. The van der Waals surface area contributed by atoms with Gasteiger partial charge in [0.2, 0.25) is 5.91 Å². The molecule has 0 saturated carbocycles. The lowest BCUT2D eigenvalue weighted by atomic mass is 10.3. The zero-order valence-electron chi connectivity index (χ0n) is 10.4. The summed E-state index contributed by atoms with van der Waals surface area (Å²) >= 11 is 5.15. The Bertz CT molecular complexity index is 572. The Morgan fingerprint density at radius 3 is 2.68 bits per heavy atom. The second kappa shape index (κ2) is 6.73. The van der Waals surface area contributed by atoms with E-state index in [9.17, 15) is 4.79 Å². The van der Waals surface area contributed by atoms with Gasteiger partial charge in [-0.25, -0.2) is 0 Å². The smallest absolute Gasteiger partial charge is 0.221 e. The van der Waals surface area contributed by atoms with Crippen molar-refractivity contribution >= 4 is 39.3 Å². The van der Waals surface area contributed by atoms with Crippen LogP contribution in [0.1, 0.15) is 12.5 Å². The molecule has 0 aliphatic carbocycles. The van der Waals surface area contributed by atoms with Crippen molar-refractivity contribution in [1.29, 1.82) is 0 Å². The van der Waals surface area contributed by atoms with Gasteiger partial charge in [-0.3, -0.25) is 9.78 Å². The van der Waals surface area contributed by atoms with Crippen molar-refractivity contribution in [1.82, 2.24) is 4.98 Å². The van der Waals surface area contributed by atoms with Crippen molar-refractivity contribution in [2.45, 2.75) is 17.6 Å². The van der Waals surface area contributed by atoms with E-state index < -0.39 is 0 Å². The summed E-state index contributed by atoms with van der Waals surface area (Å²) < 4.78 is 0.992. The molecule has 0 aliphatic rings. The largest absolute Gasteiger partial charge is 0.326 e. The molecule has 0 fully saturated rings. The maximum atomic E-state index is 10.9. The lowest BCUT2D eigenvalue weighted by Crippen LogP contribution is -2.05. The summed E-state index contributed by atoms with van der Waals surface area (Å²) in [6.45, 7) is 1.50. The summed E-state index contributed by atoms with van der Waals surface area (Å²) in [6.07, 6.45) is 3.64. The van der Waals surface area contributed by atoms with Crippen molar-refractivity contribution in [2.24, 2.45) is 0 Å². The van der Waals surface area contributed by atoms with Crippen molar-refractivity contribution in [2.75, 3.05) is 5.32 Å². The first-order chi connectivity index (χ1) is 9.13. The third kappa shape index (κ3) is 4.69. The number of nitrogens with one attached hydrogen (secondary N) is 1. The molecule has 5 heteroatoms. The van der Waals surface area contributed by atoms with Crippen LogP contribution in [-0.4, -0.2) is 10.9 Å².